The van der Waals surface area contributed by atoms with Crippen molar-refractivity contribution in [3.05, 3.63) is 29.8 Å². The van der Waals surface area contributed by atoms with E-state index in [2.05, 4.69) is 41.4 Å². The highest BCUT2D eigenvalue weighted by Gasteiger charge is 2.31. The molecule has 0 radical (unpaired) electrons. The molecule has 0 spiro atoms. The third-order valence-corrected chi connectivity index (χ3v) is 5.19. The lowest BCUT2D eigenvalue weighted by atomic mass is 9.75. The lowest BCUT2D eigenvalue weighted by Crippen LogP contribution is -2.42. The number of fused-ring (bicyclic) bond motifs is 1. The Labute approximate surface area is 123 Å². The number of hydrogen-bond donors (Lipinski definition) is 1. The molecule has 1 aliphatic carbocycles. The van der Waals surface area contributed by atoms with Crippen molar-refractivity contribution >= 4 is 5.69 Å². The van der Waals surface area contributed by atoms with Gasteiger partial charge in [-0.3, -0.25) is 0 Å². The molecule has 2 nitrogen and oxygen atoms in total. The molecule has 1 saturated carbocycles. The van der Waals surface area contributed by atoms with Gasteiger partial charge in [0.15, 0.2) is 0 Å². The van der Waals surface area contributed by atoms with Gasteiger partial charge in [-0.15, -0.1) is 0 Å². The van der Waals surface area contributed by atoms with Gasteiger partial charge >= 0.3 is 0 Å². The third-order valence-electron chi connectivity index (χ3n) is 5.19. The Bertz CT molecular complexity index is 429. The van der Waals surface area contributed by atoms with Crippen molar-refractivity contribution in [1.29, 1.82) is 0 Å². The number of nitrogens with zero attached hydrogens (tertiary/aromatic N) is 1. The second-order valence-corrected chi connectivity index (χ2v) is 6.45. The van der Waals surface area contributed by atoms with Gasteiger partial charge in [0, 0.05) is 25.3 Å². The third kappa shape index (κ3) is 3.01. The van der Waals surface area contributed by atoms with Gasteiger partial charge in [-0.1, -0.05) is 44.4 Å². The number of nitrogens with one attached hydrogen (secondary N) is 1. The fourth-order valence-electron chi connectivity index (χ4n) is 4.05. The summed E-state index contributed by atoms with van der Waals surface area (Å²) in [7, 11) is 0. The molecule has 1 aromatic carbocycles. The maximum Gasteiger partial charge on any atom is 0.0411 e. The van der Waals surface area contributed by atoms with Crippen molar-refractivity contribution in [1.82, 2.24) is 5.32 Å². The Morgan fingerprint density at radius 1 is 1.10 bits per heavy atom. The van der Waals surface area contributed by atoms with Crippen molar-refractivity contribution in [2.24, 2.45) is 11.8 Å². The molecule has 2 unspecified atom stereocenters. The van der Waals surface area contributed by atoms with E-state index >= 15 is 0 Å². The minimum absolute atomic E-state index is 0.949. The summed E-state index contributed by atoms with van der Waals surface area (Å²) >= 11 is 0. The van der Waals surface area contributed by atoms with Gasteiger partial charge in [0.05, 0.1) is 0 Å². The Hall–Kier alpha value is -1.02. The summed E-state index contributed by atoms with van der Waals surface area (Å²) in [6.07, 6.45) is 7.26. The predicted octanol–water partition coefficient (Wildman–Crippen LogP) is 3.81. The highest BCUT2D eigenvalue weighted by molar-refractivity contribution is 5.54. The van der Waals surface area contributed by atoms with Crippen LogP contribution in [0.2, 0.25) is 0 Å². The molecule has 3 rings (SSSR count). The van der Waals surface area contributed by atoms with E-state index in [9.17, 15) is 0 Å². The molecule has 20 heavy (non-hydrogen) atoms. The van der Waals surface area contributed by atoms with Crippen LogP contribution in [-0.4, -0.2) is 19.6 Å². The van der Waals surface area contributed by atoms with Crippen molar-refractivity contribution < 1.29 is 0 Å². The van der Waals surface area contributed by atoms with Crippen molar-refractivity contribution in [3.63, 3.8) is 0 Å². The van der Waals surface area contributed by atoms with Gasteiger partial charge < -0.3 is 10.2 Å². The summed E-state index contributed by atoms with van der Waals surface area (Å²) < 4.78 is 0. The summed E-state index contributed by atoms with van der Waals surface area (Å²) in [6.45, 7) is 6.75. The average molecular weight is 272 g/mol. The Balaban J connectivity index is 1.72. The molecule has 0 amide bonds. The Morgan fingerprint density at radius 3 is 2.75 bits per heavy atom. The van der Waals surface area contributed by atoms with Gasteiger partial charge in [0.25, 0.3) is 0 Å². The monoisotopic (exact) mass is 272 g/mol. The van der Waals surface area contributed by atoms with Crippen LogP contribution in [0.1, 0.15) is 44.6 Å². The number of hydrogen-bond acceptors (Lipinski definition) is 2. The molecule has 0 aromatic heterocycles. The lowest BCUT2D eigenvalue weighted by Gasteiger charge is -2.43. The molecule has 2 atom stereocenters. The fourth-order valence-corrected chi connectivity index (χ4v) is 4.05. The standard InChI is InChI=1S/C18H28N2/c1-2-19-13-16-8-5-6-10-18(16)20-12-11-15-7-3-4-9-17(15)14-20/h5-6,8,10,15,17,19H,2-4,7,9,11-14H2,1H3. The van der Waals surface area contributed by atoms with Gasteiger partial charge in [0.2, 0.25) is 0 Å². The molecule has 1 N–H and O–H groups in total. The Morgan fingerprint density at radius 2 is 1.90 bits per heavy atom. The van der Waals surface area contributed by atoms with Gasteiger partial charge in [-0.05, 0) is 42.9 Å². The molecular weight excluding hydrogens is 244 g/mol. The van der Waals surface area contributed by atoms with Crippen LogP contribution >= 0.6 is 0 Å². The highest BCUT2D eigenvalue weighted by Crippen LogP contribution is 2.38. The molecule has 1 aliphatic heterocycles. The van der Waals surface area contributed by atoms with Crippen LogP contribution in [0.25, 0.3) is 0 Å². The zero-order valence-corrected chi connectivity index (χ0v) is 12.8. The number of para-hydroxylation sites is 1. The van der Waals surface area contributed by atoms with E-state index in [0.717, 1.165) is 24.9 Å². The first-order valence-corrected chi connectivity index (χ1v) is 8.42. The molecule has 0 bridgehead atoms. The van der Waals surface area contributed by atoms with Crippen LogP contribution in [0.15, 0.2) is 24.3 Å². The van der Waals surface area contributed by atoms with Gasteiger partial charge in [0.1, 0.15) is 0 Å². The largest absolute Gasteiger partial charge is 0.371 e. The van der Waals surface area contributed by atoms with Crippen molar-refractivity contribution in [3.8, 4) is 0 Å². The van der Waals surface area contributed by atoms with Crippen LogP contribution in [0.5, 0.6) is 0 Å². The quantitative estimate of drug-likeness (QED) is 0.896. The summed E-state index contributed by atoms with van der Waals surface area (Å²) in [4.78, 5) is 2.65. The molecular formula is C18H28N2. The number of anilines is 1. The van der Waals surface area contributed by atoms with Gasteiger partial charge in [-0.25, -0.2) is 0 Å². The Kier molecular flexibility index (Phi) is 4.62. The average Bonchev–Trinajstić information content (AvgIpc) is 2.53. The van der Waals surface area contributed by atoms with E-state index in [4.69, 9.17) is 0 Å². The fraction of sp³-hybridized carbons (Fsp3) is 0.667. The minimum atomic E-state index is 0.949. The van der Waals surface area contributed by atoms with E-state index in [0.29, 0.717) is 0 Å². The van der Waals surface area contributed by atoms with Crippen LogP contribution in [-0.2, 0) is 6.54 Å². The van der Waals surface area contributed by atoms with Crippen LogP contribution in [0.4, 0.5) is 5.69 Å². The highest BCUT2D eigenvalue weighted by atomic mass is 15.1. The van der Waals surface area contributed by atoms with Crippen molar-refractivity contribution in [2.45, 2.75) is 45.6 Å². The normalized spacial score (nSPS) is 26.4. The summed E-state index contributed by atoms with van der Waals surface area (Å²) in [5.74, 6) is 1.96. The van der Waals surface area contributed by atoms with Crippen LogP contribution in [0.3, 0.4) is 0 Å². The number of piperidine rings is 1. The van der Waals surface area contributed by atoms with E-state index in [1.807, 2.05) is 0 Å². The summed E-state index contributed by atoms with van der Waals surface area (Å²) in [5.41, 5.74) is 2.93. The maximum absolute atomic E-state index is 3.47. The molecule has 110 valence electrons. The smallest absolute Gasteiger partial charge is 0.0411 e. The van der Waals surface area contributed by atoms with E-state index < -0.39 is 0 Å². The first-order valence-electron chi connectivity index (χ1n) is 8.42. The number of benzene rings is 1. The summed E-state index contributed by atoms with van der Waals surface area (Å²) in [6, 6.07) is 8.96. The lowest BCUT2D eigenvalue weighted by molar-refractivity contribution is 0.202. The van der Waals surface area contributed by atoms with E-state index in [-0.39, 0.29) is 0 Å². The predicted molar refractivity (Wildman–Crippen MR) is 86.1 cm³/mol. The minimum Gasteiger partial charge on any atom is -0.371 e. The van der Waals surface area contributed by atoms with Crippen LogP contribution in [0, 0.1) is 11.8 Å². The summed E-state index contributed by atoms with van der Waals surface area (Å²) in [5, 5.41) is 3.47. The maximum atomic E-state index is 3.47. The molecule has 1 saturated heterocycles. The second-order valence-electron chi connectivity index (χ2n) is 6.45. The number of rotatable bonds is 4. The zero-order valence-electron chi connectivity index (χ0n) is 12.8. The molecule has 2 aliphatic rings. The molecule has 2 fully saturated rings. The van der Waals surface area contributed by atoms with Gasteiger partial charge in [-0.2, -0.15) is 0 Å². The molecule has 1 heterocycles. The zero-order chi connectivity index (χ0) is 13.8. The van der Waals surface area contributed by atoms with E-state index in [1.54, 1.807) is 0 Å². The molecule has 1 aromatic rings. The SMILES string of the molecule is CCNCc1ccccc1N1CCC2CCCCC2C1. The molecule has 2 heteroatoms. The van der Waals surface area contributed by atoms with E-state index in [1.165, 1.54) is 56.4 Å². The van der Waals surface area contributed by atoms with Crippen LogP contribution < -0.4 is 10.2 Å². The first-order chi connectivity index (χ1) is 9.88. The second kappa shape index (κ2) is 6.62. The van der Waals surface area contributed by atoms with Crippen molar-refractivity contribution in [2.75, 3.05) is 24.5 Å². The first kappa shape index (κ1) is 13.9. The topological polar surface area (TPSA) is 15.3 Å².